The number of amides is 1. The van der Waals surface area contributed by atoms with Crippen molar-refractivity contribution in [2.45, 2.75) is 40.5 Å². The Morgan fingerprint density at radius 1 is 1.58 bits per heavy atom. The summed E-state index contributed by atoms with van der Waals surface area (Å²) in [7, 11) is 1.70. The molecule has 0 aliphatic carbocycles. The minimum atomic E-state index is -0.0724. The van der Waals surface area contributed by atoms with Crippen LogP contribution in [-0.2, 0) is 11.8 Å². The second-order valence-electron chi connectivity index (χ2n) is 6.26. The number of carbonyl (C=O) groups excluding carboxylic acids is 1. The van der Waals surface area contributed by atoms with Gasteiger partial charge >= 0.3 is 0 Å². The van der Waals surface area contributed by atoms with Gasteiger partial charge in [-0.1, -0.05) is 27.7 Å². The van der Waals surface area contributed by atoms with Gasteiger partial charge in [0.1, 0.15) is 17.5 Å². The summed E-state index contributed by atoms with van der Waals surface area (Å²) >= 11 is 0. The zero-order chi connectivity index (χ0) is 14.6. The number of anilines is 1. The summed E-state index contributed by atoms with van der Waals surface area (Å²) in [6.45, 7) is 8.56. The first-order valence-electron chi connectivity index (χ1n) is 6.45. The molecule has 1 amide bonds. The molecule has 1 heterocycles. The van der Waals surface area contributed by atoms with Crippen LogP contribution < -0.4 is 5.32 Å². The minimum absolute atomic E-state index is 0.0724. The van der Waals surface area contributed by atoms with Crippen LogP contribution in [0.3, 0.4) is 0 Å². The Balaban J connectivity index is 2.61. The van der Waals surface area contributed by atoms with Gasteiger partial charge in [-0.3, -0.25) is 9.48 Å². The predicted octanol–water partition coefficient (Wildman–Crippen LogP) is 2.69. The fraction of sp³-hybridized carbons (Fsp3) is 0.643. The molecule has 0 aromatic carbocycles. The molecule has 1 N–H and O–H groups in total. The molecule has 0 aliphatic rings. The highest BCUT2D eigenvalue weighted by atomic mass is 16.1. The number of hydrogen-bond donors (Lipinski definition) is 1. The lowest BCUT2D eigenvalue weighted by Gasteiger charge is -2.22. The normalized spacial score (nSPS) is 12.8. The largest absolute Gasteiger partial charge is 0.310 e. The lowest BCUT2D eigenvalue weighted by molar-refractivity contribution is -0.117. The number of nitriles is 1. The maximum Gasteiger partial charge on any atom is 0.225 e. The van der Waals surface area contributed by atoms with Crippen LogP contribution in [0.5, 0.6) is 0 Å². The molecule has 0 radical (unpaired) electrons. The maximum atomic E-state index is 12.0. The molecule has 19 heavy (non-hydrogen) atoms. The van der Waals surface area contributed by atoms with Crippen molar-refractivity contribution in [1.29, 1.82) is 5.26 Å². The predicted molar refractivity (Wildman–Crippen MR) is 74.4 cm³/mol. The number of rotatable bonds is 4. The third-order valence-electron chi connectivity index (χ3n) is 2.81. The molecule has 0 aliphatic heterocycles. The van der Waals surface area contributed by atoms with E-state index in [-0.39, 0.29) is 11.3 Å². The summed E-state index contributed by atoms with van der Waals surface area (Å²) in [5.74, 6) is 0.700. The van der Waals surface area contributed by atoms with E-state index in [9.17, 15) is 4.79 Å². The molecule has 1 rings (SSSR count). The van der Waals surface area contributed by atoms with Gasteiger partial charge in [0, 0.05) is 13.5 Å². The van der Waals surface area contributed by atoms with E-state index in [4.69, 9.17) is 5.26 Å². The van der Waals surface area contributed by atoms with E-state index in [1.807, 2.05) is 6.07 Å². The number of aryl methyl sites for hydroxylation is 1. The Hall–Kier alpha value is -1.83. The maximum absolute atomic E-state index is 12.0. The van der Waals surface area contributed by atoms with Crippen LogP contribution in [0.25, 0.3) is 0 Å². The summed E-state index contributed by atoms with van der Waals surface area (Å²) in [5.41, 5.74) is 0.601. The molecule has 5 nitrogen and oxygen atoms in total. The molecule has 1 aromatic heterocycles. The number of aromatic nitrogens is 2. The van der Waals surface area contributed by atoms with Crippen molar-refractivity contribution >= 4 is 11.7 Å². The first-order chi connectivity index (χ1) is 8.73. The van der Waals surface area contributed by atoms with Crippen LogP contribution in [0.4, 0.5) is 5.82 Å². The van der Waals surface area contributed by atoms with Gasteiger partial charge in [0.25, 0.3) is 0 Å². The van der Waals surface area contributed by atoms with Gasteiger partial charge in [-0.15, -0.1) is 0 Å². The van der Waals surface area contributed by atoms with Gasteiger partial charge in [-0.2, -0.15) is 10.4 Å². The first kappa shape index (κ1) is 15.2. The molecular weight excluding hydrogens is 240 g/mol. The second kappa shape index (κ2) is 5.87. The molecule has 0 bridgehead atoms. The Bertz CT molecular complexity index is 491. The fourth-order valence-electron chi connectivity index (χ4n) is 2.28. The Morgan fingerprint density at radius 2 is 2.21 bits per heavy atom. The molecule has 0 spiro atoms. The van der Waals surface area contributed by atoms with Crippen molar-refractivity contribution < 1.29 is 4.79 Å². The number of nitrogens with zero attached hydrogens (tertiary/aromatic N) is 3. The molecule has 104 valence electrons. The van der Waals surface area contributed by atoms with Crippen LogP contribution in [-0.4, -0.2) is 15.7 Å². The standard InChI is InChI=1S/C14H22N4O/c1-10(7-14(2,3)4)6-12(19)17-13-11(8-15)9-16-18(13)5/h9-10H,6-7H2,1-5H3,(H,17,19). The van der Waals surface area contributed by atoms with Crippen LogP contribution in [0.15, 0.2) is 6.20 Å². The summed E-state index contributed by atoms with van der Waals surface area (Å²) in [4.78, 5) is 12.0. The third kappa shape index (κ3) is 4.74. The van der Waals surface area contributed by atoms with E-state index >= 15 is 0 Å². The third-order valence-corrected chi connectivity index (χ3v) is 2.81. The number of carbonyl (C=O) groups is 1. The van der Waals surface area contributed by atoms with E-state index in [0.717, 1.165) is 6.42 Å². The quantitative estimate of drug-likeness (QED) is 0.906. The first-order valence-corrected chi connectivity index (χ1v) is 6.45. The van der Waals surface area contributed by atoms with Crippen LogP contribution in [0, 0.1) is 22.7 Å². The number of nitrogens with one attached hydrogen (secondary N) is 1. The SMILES string of the molecule is CC(CC(=O)Nc1c(C#N)cnn1C)CC(C)(C)C. The van der Waals surface area contributed by atoms with Crippen LogP contribution >= 0.6 is 0 Å². The average molecular weight is 262 g/mol. The van der Waals surface area contributed by atoms with Gasteiger partial charge in [0.2, 0.25) is 5.91 Å². The Labute approximate surface area is 114 Å². The van der Waals surface area contributed by atoms with E-state index in [2.05, 4.69) is 38.1 Å². The summed E-state index contributed by atoms with van der Waals surface area (Å²) in [5, 5.41) is 15.6. The van der Waals surface area contributed by atoms with Crippen LogP contribution in [0.1, 0.15) is 46.1 Å². The van der Waals surface area contributed by atoms with Gasteiger partial charge in [0.05, 0.1) is 6.20 Å². The number of hydrogen-bond acceptors (Lipinski definition) is 3. The van der Waals surface area contributed by atoms with Gasteiger partial charge in [0.15, 0.2) is 0 Å². The molecule has 1 aromatic rings. The van der Waals surface area contributed by atoms with Gasteiger partial charge < -0.3 is 5.32 Å². The van der Waals surface area contributed by atoms with E-state index in [0.29, 0.717) is 23.7 Å². The highest BCUT2D eigenvalue weighted by molar-refractivity contribution is 5.91. The van der Waals surface area contributed by atoms with Gasteiger partial charge in [-0.05, 0) is 17.8 Å². The van der Waals surface area contributed by atoms with E-state index < -0.39 is 0 Å². The fourth-order valence-corrected chi connectivity index (χ4v) is 2.28. The van der Waals surface area contributed by atoms with Crippen LogP contribution in [0.2, 0.25) is 0 Å². The topological polar surface area (TPSA) is 70.7 Å². The molecule has 0 saturated heterocycles. The smallest absolute Gasteiger partial charge is 0.225 e. The molecular formula is C14H22N4O. The molecule has 0 fully saturated rings. The molecule has 0 saturated carbocycles. The Morgan fingerprint density at radius 3 is 2.74 bits per heavy atom. The van der Waals surface area contributed by atoms with Crippen molar-refractivity contribution in [3.63, 3.8) is 0 Å². The highest BCUT2D eigenvalue weighted by Gasteiger charge is 2.19. The monoisotopic (exact) mass is 262 g/mol. The second-order valence-corrected chi connectivity index (χ2v) is 6.26. The van der Waals surface area contributed by atoms with Crippen molar-refractivity contribution in [3.8, 4) is 6.07 Å². The zero-order valence-corrected chi connectivity index (χ0v) is 12.3. The zero-order valence-electron chi connectivity index (χ0n) is 12.3. The summed E-state index contributed by atoms with van der Waals surface area (Å²) < 4.78 is 1.50. The van der Waals surface area contributed by atoms with Gasteiger partial charge in [-0.25, -0.2) is 0 Å². The van der Waals surface area contributed by atoms with Crippen molar-refractivity contribution in [2.24, 2.45) is 18.4 Å². The van der Waals surface area contributed by atoms with Crippen molar-refractivity contribution in [1.82, 2.24) is 9.78 Å². The minimum Gasteiger partial charge on any atom is -0.310 e. The highest BCUT2D eigenvalue weighted by Crippen LogP contribution is 2.26. The van der Waals surface area contributed by atoms with Crippen molar-refractivity contribution in [2.75, 3.05) is 5.32 Å². The van der Waals surface area contributed by atoms with E-state index in [1.54, 1.807) is 7.05 Å². The summed E-state index contributed by atoms with van der Waals surface area (Å²) in [6.07, 6.45) is 2.89. The summed E-state index contributed by atoms with van der Waals surface area (Å²) in [6, 6.07) is 2.02. The molecule has 1 atom stereocenters. The lowest BCUT2D eigenvalue weighted by atomic mass is 9.84. The van der Waals surface area contributed by atoms with E-state index in [1.165, 1.54) is 10.9 Å². The molecule has 5 heteroatoms. The molecule has 1 unspecified atom stereocenters. The van der Waals surface area contributed by atoms with Crippen molar-refractivity contribution in [3.05, 3.63) is 11.8 Å². The lowest BCUT2D eigenvalue weighted by Crippen LogP contribution is -2.20. The Kier molecular flexibility index (Phi) is 4.71. The average Bonchev–Trinajstić information content (AvgIpc) is 2.57.